The molecule has 1 atom stereocenters. The predicted octanol–water partition coefficient (Wildman–Crippen LogP) is 3.37. The van der Waals surface area contributed by atoms with Gasteiger partial charge < -0.3 is 23.5 Å². The van der Waals surface area contributed by atoms with Gasteiger partial charge in [0, 0.05) is 24.1 Å². The molecular formula is C21H27NO6. The standard InChI is InChI=1S/C21H27NO6/c1-13-10-16(15(3)22(13)14(2)11-25-4)17(23)12-28-21(24)20-18(26-5)8-7-9-19(20)27-6/h7-10,14H,11-12H2,1-6H3/t14-/m0/s1. The van der Waals surface area contributed by atoms with Crippen LogP contribution >= 0.6 is 0 Å². The topological polar surface area (TPSA) is 76.0 Å². The van der Waals surface area contributed by atoms with Crippen LogP contribution in [-0.4, -0.2) is 50.9 Å². The largest absolute Gasteiger partial charge is 0.496 e. The second kappa shape index (κ2) is 9.41. The van der Waals surface area contributed by atoms with Crippen LogP contribution in [0.2, 0.25) is 0 Å². The van der Waals surface area contributed by atoms with E-state index in [1.165, 1.54) is 14.2 Å². The number of rotatable bonds is 9. The summed E-state index contributed by atoms with van der Waals surface area (Å²) in [5.41, 5.74) is 2.45. The van der Waals surface area contributed by atoms with E-state index in [-0.39, 0.29) is 24.0 Å². The second-order valence-electron chi connectivity index (χ2n) is 6.50. The Labute approximate surface area is 165 Å². The van der Waals surface area contributed by atoms with Crippen LogP contribution in [-0.2, 0) is 9.47 Å². The van der Waals surface area contributed by atoms with Gasteiger partial charge in [-0.3, -0.25) is 4.79 Å². The molecule has 1 aromatic heterocycles. The van der Waals surface area contributed by atoms with Crippen molar-refractivity contribution in [3.05, 3.63) is 46.8 Å². The van der Waals surface area contributed by atoms with Crippen molar-refractivity contribution in [2.24, 2.45) is 0 Å². The van der Waals surface area contributed by atoms with Gasteiger partial charge in [-0.05, 0) is 39.0 Å². The lowest BCUT2D eigenvalue weighted by molar-refractivity contribution is 0.0468. The zero-order valence-corrected chi connectivity index (χ0v) is 17.2. The van der Waals surface area contributed by atoms with E-state index in [0.717, 1.165) is 11.4 Å². The number of Topliss-reactive ketones (excluding diaryl/α,β-unsaturated/α-hetero) is 1. The number of aryl methyl sites for hydroxylation is 1. The lowest BCUT2D eigenvalue weighted by atomic mass is 10.1. The summed E-state index contributed by atoms with van der Waals surface area (Å²) in [6.07, 6.45) is 0. The maximum atomic E-state index is 12.7. The van der Waals surface area contributed by atoms with E-state index in [1.54, 1.807) is 31.4 Å². The van der Waals surface area contributed by atoms with Crippen LogP contribution in [0.1, 0.15) is 45.1 Å². The Morgan fingerprint density at radius 2 is 1.68 bits per heavy atom. The summed E-state index contributed by atoms with van der Waals surface area (Å²) >= 11 is 0. The Kier molecular flexibility index (Phi) is 7.23. The number of hydrogen-bond acceptors (Lipinski definition) is 6. The number of carbonyl (C=O) groups is 2. The number of methoxy groups -OCH3 is 3. The zero-order chi connectivity index (χ0) is 20.8. The van der Waals surface area contributed by atoms with E-state index in [2.05, 4.69) is 0 Å². The van der Waals surface area contributed by atoms with Gasteiger partial charge >= 0.3 is 5.97 Å². The fourth-order valence-corrected chi connectivity index (χ4v) is 3.39. The lowest BCUT2D eigenvalue weighted by Crippen LogP contribution is -2.17. The molecule has 0 N–H and O–H groups in total. The molecule has 0 radical (unpaired) electrons. The third-order valence-electron chi connectivity index (χ3n) is 4.60. The molecule has 152 valence electrons. The molecule has 2 aromatic rings. The number of ether oxygens (including phenoxy) is 4. The Balaban J connectivity index is 2.17. The van der Waals surface area contributed by atoms with Gasteiger partial charge in [-0.1, -0.05) is 6.07 Å². The van der Waals surface area contributed by atoms with Crippen LogP contribution in [0.4, 0.5) is 0 Å². The van der Waals surface area contributed by atoms with Gasteiger partial charge in [0.05, 0.1) is 26.9 Å². The molecule has 0 saturated heterocycles. The number of hydrogen-bond donors (Lipinski definition) is 0. The molecule has 7 heteroatoms. The summed E-state index contributed by atoms with van der Waals surface area (Å²) in [6.45, 7) is 5.99. The van der Waals surface area contributed by atoms with Crippen molar-refractivity contribution in [2.75, 3.05) is 34.5 Å². The van der Waals surface area contributed by atoms with Crippen molar-refractivity contribution < 1.29 is 28.5 Å². The van der Waals surface area contributed by atoms with Crippen LogP contribution < -0.4 is 9.47 Å². The molecule has 28 heavy (non-hydrogen) atoms. The summed E-state index contributed by atoms with van der Waals surface area (Å²) in [5, 5.41) is 0. The Morgan fingerprint density at radius 3 is 2.21 bits per heavy atom. The summed E-state index contributed by atoms with van der Waals surface area (Å²) in [5.74, 6) is -0.304. The lowest BCUT2D eigenvalue weighted by Gasteiger charge is -2.17. The maximum absolute atomic E-state index is 12.7. The first-order valence-electron chi connectivity index (χ1n) is 8.94. The first-order valence-corrected chi connectivity index (χ1v) is 8.94. The zero-order valence-electron chi connectivity index (χ0n) is 17.2. The number of carbonyl (C=O) groups excluding carboxylic acids is 2. The molecule has 0 spiro atoms. The van der Waals surface area contributed by atoms with Gasteiger partial charge in [-0.2, -0.15) is 0 Å². The maximum Gasteiger partial charge on any atom is 0.346 e. The monoisotopic (exact) mass is 389 g/mol. The molecule has 0 aliphatic heterocycles. The van der Waals surface area contributed by atoms with E-state index >= 15 is 0 Å². The molecule has 1 aromatic carbocycles. The molecule has 0 aliphatic rings. The summed E-state index contributed by atoms with van der Waals surface area (Å²) in [4.78, 5) is 25.2. The van der Waals surface area contributed by atoms with E-state index in [1.807, 2.05) is 25.3 Å². The first-order chi connectivity index (χ1) is 13.3. The third-order valence-corrected chi connectivity index (χ3v) is 4.60. The normalized spacial score (nSPS) is 11.8. The van der Waals surface area contributed by atoms with Crippen LogP contribution in [0.5, 0.6) is 11.5 Å². The number of esters is 1. The summed E-state index contributed by atoms with van der Waals surface area (Å²) in [7, 11) is 4.54. The van der Waals surface area contributed by atoms with Crippen molar-refractivity contribution in [1.82, 2.24) is 4.57 Å². The minimum atomic E-state index is -0.677. The van der Waals surface area contributed by atoms with Crippen molar-refractivity contribution in [3.8, 4) is 11.5 Å². The molecule has 0 aliphatic carbocycles. The quantitative estimate of drug-likeness (QED) is 0.483. The van der Waals surface area contributed by atoms with E-state index in [9.17, 15) is 9.59 Å². The Morgan fingerprint density at radius 1 is 1.07 bits per heavy atom. The fraction of sp³-hybridized carbons (Fsp3) is 0.429. The van der Waals surface area contributed by atoms with Gasteiger partial charge in [0.25, 0.3) is 0 Å². The van der Waals surface area contributed by atoms with Crippen molar-refractivity contribution in [2.45, 2.75) is 26.8 Å². The molecule has 0 amide bonds. The highest BCUT2D eigenvalue weighted by Gasteiger charge is 2.23. The number of benzene rings is 1. The van der Waals surface area contributed by atoms with E-state index in [4.69, 9.17) is 18.9 Å². The number of nitrogens with zero attached hydrogens (tertiary/aromatic N) is 1. The summed E-state index contributed by atoms with van der Waals surface area (Å²) < 4.78 is 22.9. The molecule has 0 fully saturated rings. The van der Waals surface area contributed by atoms with Gasteiger partial charge in [-0.15, -0.1) is 0 Å². The molecule has 0 unspecified atom stereocenters. The second-order valence-corrected chi connectivity index (χ2v) is 6.50. The molecule has 0 bridgehead atoms. The number of aromatic nitrogens is 1. The van der Waals surface area contributed by atoms with Gasteiger partial charge in [0.1, 0.15) is 17.1 Å². The molecule has 7 nitrogen and oxygen atoms in total. The minimum Gasteiger partial charge on any atom is -0.496 e. The number of ketones is 1. The Bertz CT molecular complexity index is 833. The van der Waals surface area contributed by atoms with Crippen LogP contribution in [0.15, 0.2) is 24.3 Å². The average molecular weight is 389 g/mol. The summed E-state index contributed by atoms with van der Waals surface area (Å²) in [6, 6.07) is 6.86. The van der Waals surface area contributed by atoms with Crippen molar-refractivity contribution >= 4 is 11.8 Å². The SMILES string of the molecule is COC[C@H](C)n1c(C)cc(C(=O)COC(=O)c2c(OC)cccc2OC)c1C. The highest BCUT2D eigenvalue weighted by molar-refractivity contribution is 6.01. The highest BCUT2D eigenvalue weighted by atomic mass is 16.5. The van der Waals surface area contributed by atoms with Crippen LogP contribution in [0.3, 0.4) is 0 Å². The third kappa shape index (κ3) is 4.36. The van der Waals surface area contributed by atoms with Crippen molar-refractivity contribution in [1.29, 1.82) is 0 Å². The molecule has 0 saturated carbocycles. The Hall–Kier alpha value is -2.80. The van der Waals surface area contributed by atoms with Crippen molar-refractivity contribution in [3.63, 3.8) is 0 Å². The van der Waals surface area contributed by atoms with E-state index < -0.39 is 5.97 Å². The highest BCUT2D eigenvalue weighted by Crippen LogP contribution is 2.29. The predicted molar refractivity (Wildman–Crippen MR) is 105 cm³/mol. The smallest absolute Gasteiger partial charge is 0.346 e. The van der Waals surface area contributed by atoms with Crippen LogP contribution in [0, 0.1) is 13.8 Å². The van der Waals surface area contributed by atoms with E-state index in [0.29, 0.717) is 23.7 Å². The first kappa shape index (κ1) is 21.5. The van der Waals surface area contributed by atoms with Gasteiger partial charge in [-0.25, -0.2) is 4.79 Å². The van der Waals surface area contributed by atoms with Gasteiger partial charge in [0.2, 0.25) is 5.78 Å². The average Bonchev–Trinajstić information content (AvgIpc) is 2.99. The van der Waals surface area contributed by atoms with Gasteiger partial charge in [0.15, 0.2) is 6.61 Å². The van der Waals surface area contributed by atoms with Crippen LogP contribution in [0.25, 0.3) is 0 Å². The molecular weight excluding hydrogens is 362 g/mol. The molecule has 1 heterocycles. The molecule has 2 rings (SSSR count). The minimum absolute atomic E-state index is 0.0898. The fourth-order valence-electron chi connectivity index (χ4n) is 3.39.